The maximum Gasteiger partial charge on any atom is 0.260 e. The fourth-order valence-electron chi connectivity index (χ4n) is 2.13. The molecule has 1 amide bonds. The second kappa shape index (κ2) is 7.63. The largest absolute Gasteiger partial charge is 0.494 e. The predicted molar refractivity (Wildman–Crippen MR) is 86.1 cm³/mol. The second-order valence-corrected chi connectivity index (χ2v) is 5.32. The highest BCUT2D eigenvalue weighted by atomic mass is 19.1. The molecule has 0 unspecified atom stereocenters. The molecule has 0 saturated carbocycles. The van der Waals surface area contributed by atoms with Gasteiger partial charge in [-0.15, -0.1) is 0 Å². The minimum Gasteiger partial charge on any atom is -0.494 e. The van der Waals surface area contributed by atoms with Crippen molar-refractivity contribution >= 4 is 5.91 Å². The van der Waals surface area contributed by atoms with Crippen molar-refractivity contribution in [3.63, 3.8) is 0 Å². The van der Waals surface area contributed by atoms with E-state index in [1.807, 2.05) is 25.1 Å². The first-order chi connectivity index (χ1) is 11.0. The van der Waals surface area contributed by atoms with Gasteiger partial charge in [0.15, 0.2) is 18.2 Å². The Labute approximate surface area is 135 Å². The summed E-state index contributed by atoms with van der Waals surface area (Å²) in [4.78, 5) is 13.6. The first-order valence-corrected chi connectivity index (χ1v) is 7.25. The smallest absolute Gasteiger partial charge is 0.260 e. The Balaban J connectivity index is 1.91. The normalized spacial score (nSPS) is 10.3. The van der Waals surface area contributed by atoms with E-state index in [1.165, 1.54) is 18.1 Å². The molecule has 0 heterocycles. The highest BCUT2D eigenvalue weighted by Crippen LogP contribution is 2.18. The lowest BCUT2D eigenvalue weighted by molar-refractivity contribution is -0.132. The van der Waals surface area contributed by atoms with Gasteiger partial charge in [0, 0.05) is 13.6 Å². The van der Waals surface area contributed by atoms with Crippen LogP contribution < -0.4 is 9.47 Å². The number of carbonyl (C=O) groups excluding carboxylic acids is 1. The summed E-state index contributed by atoms with van der Waals surface area (Å²) in [7, 11) is 3.07. The number of amides is 1. The van der Waals surface area contributed by atoms with Crippen LogP contribution >= 0.6 is 0 Å². The van der Waals surface area contributed by atoms with E-state index >= 15 is 0 Å². The number of carbonyl (C=O) groups is 1. The van der Waals surface area contributed by atoms with Gasteiger partial charge in [-0.1, -0.05) is 18.2 Å². The molecule has 0 atom stereocenters. The van der Waals surface area contributed by atoms with E-state index in [0.717, 1.165) is 5.56 Å². The number of nitrogens with zero attached hydrogens (tertiary/aromatic N) is 1. The highest BCUT2D eigenvalue weighted by molar-refractivity contribution is 5.77. The summed E-state index contributed by atoms with van der Waals surface area (Å²) in [5.74, 6) is 0.220. The summed E-state index contributed by atoms with van der Waals surface area (Å²) in [6.45, 7) is 2.20. The lowest BCUT2D eigenvalue weighted by Crippen LogP contribution is -2.31. The van der Waals surface area contributed by atoms with Crippen LogP contribution in [0.1, 0.15) is 11.1 Å². The predicted octanol–water partition coefficient (Wildman–Crippen LogP) is 3.18. The van der Waals surface area contributed by atoms with Crippen LogP contribution in [0, 0.1) is 12.7 Å². The van der Waals surface area contributed by atoms with Crippen LogP contribution in [0.3, 0.4) is 0 Å². The van der Waals surface area contributed by atoms with Gasteiger partial charge in [0.05, 0.1) is 7.11 Å². The molecular weight excluding hydrogens is 297 g/mol. The SMILES string of the molecule is COc1ccc(CN(C)C(=O)COc2cccc(C)c2)cc1F. The van der Waals surface area contributed by atoms with Crippen molar-refractivity contribution in [3.05, 3.63) is 59.4 Å². The van der Waals surface area contributed by atoms with E-state index in [2.05, 4.69) is 0 Å². The third-order valence-corrected chi connectivity index (χ3v) is 3.41. The van der Waals surface area contributed by atoms with E-state index in [0.29, 0.717) is 17.9 Å². The van der Waals surface area contributed by atoms with Crippen LogP contribution in [0.25, 0.3) is 0 Å². The Morgan fingerprint density at radius 2 is 2.00 bits per heavy atom. The molecule has 0 N–H and O–H groups in total. The van der Waals surface area contributed by atoms with Crippen molar-refractivity contribution < 1.29 is 18.7 Å². The van der Waals surface area contributed by atoms with Gasteiger partial charge in [-0.3, -0.25) is 4.79 Å². The van der Waals surface area contributed by atoms with Crippen LogP contribution in [0.15, 0.2) is 42.5 Å². The van der Waals surface area contributed by atoms with Gasteiger partial charge in [0.1, 0.15) is 5.75 Å². The molecule has 2 rings (SSSR count). The Kier molecular flexibility index (Phi) is 5.57. The summed E-state index contributed by atoms with van der Waals surface area (Å²) in [5, 5.41) is 0. The maximum atomic E-state index is 13.7. The zero-order chi connectivity index (χ0) is 16.8. The summed E-state index contributed by atoms with van der Waals surface area (Å²) >= 11 is 0. The molecule has 122 valence electrons. The van der Waals surface area contributed by atoms with E-state index in [4.69, 9.17) is 9.47 Å². The molecule has 0 aliphatic rings. The number of ether oxygens (including phenoxy) is 2. The van der Waals surface area contributed by atoms with E-state index < -0.39 is 5.82 Å². The number of hydrogen-bond acceptors (Lipinski definition) is 3. The Morgan fingerprint density at radius 1 is 1.22 bits per heavy atom. The molecule has 0 aliphatic carbocycles. The van der Waals surface area contributed by atoms with Crippen molar-refractivity contribution in [1.29, 1.82) is 0 Å². The van der Waals surface area contributed by atoms with Crippen molar-refractivity contribution in [2.45, 2.75) is 13.5 Å². The van der Waals surface area contributed by atoms with Gasteiger partial charge >= 0.3 is 0 Å². The molecule has 0 saturated heterocycles. The first-order valence-electron chi connectivity index (χ1n) is 7.25. The molecule has 4 nitrogen and oxygen atoms in total. The summed E-state index contributed by atoms with van der Waals surface area (Å²) in [6.07, 6.45) is 0. The molecule has 5 heteroatoms. The van der Waals surface area contributed by atoms with Crippen LogP contribution in [0.2, 0.25) is 0 Å². The molecule has 0 aliphatic heterocycles. The van der Waals surface area contributed by atoms with Crippen LogP contribution in [-0.2, 0) is 11.3 Å². The highest BCUT2D eigenvalue weighted by Gasteiger charge is 2.12. The Morgan fingerprint density at radius 3 is 2.65 bits per heavy atom. The minimum atomic E-state index is -0.443. The minimum absolute atomic E-state index is 0.0570. The zero-order valence-corrected chi connectivity index (χ0v) is 13.5. The maximum absolute atomic E-state index is 13.7. The number of aryl methyl sites for hydroxylation is 1. The van der Waals surface area contributed by atoms with Crippen LogP contribution in [0.4, 0.5) is 4.39 Å². The standard InChI is InChI=1S/C18H20FNO3/c1-13-5-4-6-15(9-13)23-12-18(21)20(2)11-14-7-8-17(22-3)16(19)10-14/h4-10H,11-12H2,1-3H3. The Hall–Kier alpha value is -2.56. The number of hydrogen-bond donors (Lipinski definition) is 0. The van der Waals surface area contributed by atoms with Gasteiger partial charge in [-0.2, -0.15) is 0 Å². The van der Waals surface area contributed by atoms with Gasteiger partial charge in [-0.05, 0) is 42.3 Å². The third kappa shape index (κ3) is 4.71. The lowest BCUT2D eigenvalue weighted by Gasteiger charge is -2.18. The topological polar surface area (TPSA) is 38.8 Å². The molecule has 0 bridgehead atoms. The average molecular weight is 317 g/mol. The number of likely N-dealkylation sites (N-methyl/N-ethyl adjacent to an activating group) is 1. The second-order valence-electron chi connectivity index (χ2n) is 5.32. The monoisotopic (exact) mass is 317 g/mol. The molecule has 23 heavy (non-hydrogen) atoms. The number of benzene rings is 2. The third-order valence-electron chi connectivity index (χ3n) is 3.41. The Bertz CT molecular complexity index is 688. The summed E-state index contributed by atoms with van der Waals surface area (Å²) < 4.78 is 24.0. The van der Waals surface area contributed by atoms with Crippen LogP contribution in [0.5, 0.6) is 11.5 Å². The molecule has 2 aromatic rings. The molecule has 0 aromatic heterocycles. The van der Waals surface area contributed by atoms with Gasteiger partial charge in [0.25, 0.3) is 5.91 Å². The van der Waals surface area contributed by atoms with Gasteiger partial charge < -0.3 is 14.4 Å². The summed E-state index contributed by atoms with van der Waals surface area (Å²) in [6, 6.07) is 12.1. The fourth-order valence-corrected chi connectivity index (χ4v) is 2.13. The molecule has 0 spiro atoms. The molecule has 0 radical (unpaired) electrons. The van der Waals surface area contributed by atoms with E-state index in [9.17, 15) is 9.18 Å². The molecular formula is C18H20FNO3. The molecule has 2 aromatic carbocycles. The zero-order valence-electron chi connectivity index (χ0n) is 13.5. The first kappa shape index (κ1) is 16.8. The number of methoxy groups -OCH3 is 1. The van der Waals surface area contributed by atoms with Crippen molar-refractivity contribution in [1.82, 2.24) is 4.90 Å². The quantitative estimate of drug-likeness (QED) is 0.821. The number of rotatable bonds is 6. The van der Waals surface area contributed by atoms with Crippen molar-refractivity contribution in [3.8, 4) is 11.5 Å². The summed E-state index contributed by atoms with van der Waals surface area (Å²) in [5.41, 5.74) is 1.76. The van der Waals surface area contributed by atoms with Crippen molar-refractivity contribution in [2.75, 3.05) is 20.8 Å². The van der Waals surface area contributed by atoms with Gasteiger partial charge in [-0.25, -0.2) is 4.39 Å². The molecule has 0 fully saturated rings. The average Bonchev–Trinajstić information content (AvgIpc) is 2.53. The van der Waals surface area contributed by atoms with Gasteiger partial charge in [0.2, 0.25) is 0 Å². The fraction of sp³-hybridized carbons (Fsp3) is 0.278. The van der Waals surface area contributed by atoms with Crippen LogP contribution in [-0.4, -0.2) is 31.6 Å². The number of halogens is 1. The van der Waals surface area contributed by atoms with E-state index in [1.54, 1.807) is 25.2 Å². The van der Waals surface area contributed by atoms with E-state index in [-0.39, 0.29) is 18.3 Å². The van der Waals surface area contributed by atoms with Crippen molar-refractivity contribution in [2.24, 2.45) is 0 Å². The lowest BCUT2D eigenvalue weighted by atomic mass is 10.2.